The maximum atomic E-state index is 4.83. The Morgan fingerprint density at radius 1 is 0.787 bits per heavy atom. The van der Waals surface area contributed by atoms with Gasteiger partial charge in [0.15, 0.2) is 24.1 Å². The summed E-state index contributed by atoms with van der Waals surface area (Å²) in [5.41, 5.74) is 13.5. The number of aromatic nitrogens is 2. The molecule has 0 fully saturated rings. The molecular formula is C44H50N2Si+2. The summed E-state index contributed by atoms with van der Waals surface area (Å²) in [6.07, 6.45) is 7.88. The van der Waals surface area contributed by atoms with Gasteiger partial charge in [0.1, 0.15) is 0 Å². The number of pyridine rings is 2. The molecule has 2 aliphatic heterocycles. The molecule has 5 aromatic rings. The lowest BCUT2D eigenvalue weighted by atomic mass is 9.75. The number of allylic oxidation sites excluding steroid dienone is 1. The van der Waals surface area contributed by atoms with E-state index in [1.165, 1.54) is 50.3 Å². The molecule has 4 heterocycles. The van der Waals surface area contributed by atoms with Gasteiger partial charge in [-0.1, -0.05) is 114 Å². The minimum absolute atomic E-state index is 0.182. The molecule has 2 nitrogen and oxygen atoms in total. The Labute approximate surface area is 283 Å². The molecule has 2 aliphatic rings. The molecule has 0 saturated heterocycles. The molecule has 3 aromatic carbocycles. The van der Waals surface area contributed by atoms with E-state index in [9.17, 15) is 0 Å². The third-order valence-corrected chi connectivity index (χ3v) is 13.1. The molecule has 3 atom stereocenters. The fourth-order valence-electron chi connectivity index (χ4n) is 8.00. The zero-order chi connectivity index (χ0) is 33.1. The van der Waals surface area contributed by atoms with Gasteiger partial charge in [-0.05, 0) is 70.7 Å². The van der Waals surface area contributed by atoms with Crippen LogP contribution in [0.4, 0.5) is 0 Å². The van der Waals surface area contributed by atoms with Gasteiger partial charge < -0.3 is 0 Å². The number of rotatable bonds is 3. The van der Waals surface area contributed by atoms with Crippen LogP contribution in [0.3, 0.4) is 0 Å². The summed E-state index contributed by atoms with van der Waals surface area (Å²) in [5, 5.41) is 1.59. The van der Waals surface area contributed by atoms with Crippen LogP contribution in [-0.2, 0) is 6.42 Å². The van der Waals surface area contributed by atoms with Crippen molar-refractivity contribution in [1.82, 2.24) is 0 Å². The van der Waals surface area contributed by atoms with Crippen LogP contribution in [0.1, 0.15) is 75.1 Å². The Morgan fingerprint density at radius 3 is 2.19 bits per heavy atom. The number of hydrogen-bond donors (Lipinski definition) is 0. The van der Waals surface area contributed by atoms with Crippen molar-refractivity contribution < 1.29 is 9.13 Å². The van der Waals surface area contributed by atoms with Crippen molar-refractivity contribution in [1.29, 1.82) is 0 Å². The summed E-state index contributed by atoms with van der Waals surface area (Å²) in [5.74, 6) is 0.844. The Hall–Kier alpha value is -4.08. The molecule has 0 aliphatic carbocycles. The van der Waals surface area contributed by atoms with E-state index in [1.807, 2.05) is 0 Å². The van der Waals surface area contributed by atoms with Crippen molar-refractivity contribution in [3.63, 3.8) is 0 Å². The van der Waals surface area contributed by atoms with E-state index in [-0.39, 0.29) is 11.5 Å². The van der Waals surface area contributed by atoms with Gasteiger partial charge in [-0.25, -0.2) is 0 Å². The number of nitrogens with zero attached hydrogens (tertiary/aromatic N) is 2. The van der Waals surface area contributed by atoms with Crippen LogP contribution in [-0.4, -0.2) is 8.07 Å². The van der Waals surface area contributed by atoms with E-state index in [0.29, 0.717) is 11.8 Å². The van der Waals surface area contributed by atoms with Gasteiger partial charge in [0, 0.05) is 40.4 Å². The minimum Gasteiger partial charge on any atom is -0.194 e. The monoisotopic (exact) mass is 634 g/mol. The van der Waals surface area contributed by atoms with Crippen LogP contribution < -0.4 is 14.3 Å². The first-order chi connectivity index (χ1) is 22.4. The second-order valence-electron chi connectivity index (χ2n) is 16.0. The number of benzene rings is 3. The summed E-state index contributed by atoms with van der Waals surface area (Å²) in [7, 11) is -1.68. The van der Waals surface area contributed by atoms with E-state index >= 15 is 0 Å². The van der Waals surface area contributed by atoms with E-state index in [2.05, 4.69) is 166 Å². The van der Waals surface area contributed by atoms with Gasteiger partial charge in [-0.2, -0.15) is 9.13 Å². The molecule has 7 rings (SSSR count). The second-order valence-corrected chi connectivity index (χ2v) is 21.1. The first kappa shape index (κ1) is 31.5. The van der Waals surface area contributed by atoms with Crippen LogP contribution in [0.15, 0.2) is 116 Å². The summed E-state index contributed by atoms with van der Waals surface area (Å²) in [6, 6.07) is 36.5. The Balaban J connectivity index is 1.44. The van der Waals surface area contributed by atoms with Gasteiger partial charge in [0.2, 0.25) is 11.4 Å². The molecule has 0 N–H and O–H groups in total. The minimum atomic E-state index is -1.68. The van der Waals surface area contributed by atoms with E-state index in [4.69, 9.17) is 6.58 Å². The SMILES string of the molecule is C=C1CC2C(CCc3ccccc3-c3cc(-c4ccccc4)cc[n+]31)c1ccccc1-c1cc(C(C)C(C)(C)C)c([Si](C)(C)C)c[n+]12. The largest absolute Gasteiger partial charge is 0.218 e. The molecule has 3 unspecified atom stereocenters. The Bertz CT molecular complexity index is 1980. The molecule has 3 heteroatoms. The first-order valence-corrected chi connectivity index (χ1v) is 21.0. The van der Waals surface area contributed by atoms with Crippen LogP contribution >= 0.6 is 0 Å². The molecule has 238 valence electrons. The second kappa shape index (κ2) is 11.9. The smallest absolute Gasteiger partial charge is 0.194 e. The lowest BCUT2D eigenvalue weighted by molar-refractivity contribution is -0.719. The lowest BCUT2D eigenvalue weighted by Crippen LogP contribution is -2.55. The van der Waals surface area contributed by atoms with Gasteiger partial charge in [-0.3, -0.25) is 0 Å². The zero-order valence-electron chi connectivity index (χ0n) is 29.3. The Kier molecular flexibility index (Phi) is 7.95. The van der Waals surface area contributed by atoms with E-state index in [1.54, 1.807) is 5.19 Å². The third-order valence-electron chi connectivity index (χ3n) is 11.0. The predicted molar refractivity (Wildman–Crippen MR) is 200 cm³/mol. The van der Waals surface area contributed by atoms with Gasteiger partial charge in [-0.15, -0.1) is 0 Å². The lowest BCUT2D eigenvalue weighted by Gasteiger charge is -2.35. The molecule has 2 aromatic heterocycles. The molecule has 47 heavy (non-hydrogen) atoms. The zero-order valence-corrected chi connectivity index (χ0v) is 30.3. The van der Waals surface area contributed by atoms with Gasteiger partial charge in [0.25, 0.3) is 0 Å². The van der Waals surface area contributed by atoms with Crippen LogP contribution in [0.2, 0.25) is 19.6 Å². The van der Waals surface area contributed by atoms with Crippen molar-refractivity contribution in [2.45, 2.75) is 84.5 Å². The number of hydrogen-bond acceptors (Lipinski definition) is 0. The van der Waals surface area contributed by atoms with Crippen LogP contribution in [0.25, 0.3) is 39.3 Å². The van der Waals surface area contributed by atoms with Crippen molar-refractivity contribution in [3.05, 3.63) is 133 Å². The van der Waals surface area contributed by atoms with E-state index < -0.39 is 8.07 Å². The highest BCUT2D eigenvalue weighted by Crippen LogP contribution is 2.45. The highest BCUT2D eigenvalue weighted by molar-refractivity contribution is 6.89. The third kappa shape index (κ3) is 5.73. The molecule has 0 spiro atoms. The fraction of sp³-hybridized carbons (Fsp3) is 0.318. The highest BCUT2D eigenvalue weighted by Gasteiger charge is 2.44. The van der Waals surface area contributed by atoms with Crippen LogP contribution in [0, 0.1) is 5.41 Å². The summed E-state index contributed by atoms with van der Waals surface area (Å²) in [6.45, 7) is 22.0. The number of fused-ring (bicyclic) bond motifs is 9. The molecule has 0 saturated carbocycles. The first-order valence-electron chi connectivity index (χ1n) is 17.5. The summed E-state index contributed by atoms with van der Waals surface area (Å²) < 4.78 is 5.07. The highest BCUT2D eigenvalue weighted by atomic mass is 28.3. The normalized spacial score (nSPS) is 18.2. The summed E-state index contributed by atoms with van der Waals surface area (Å²) in [4.78, 5) is 0. The molecular weight excluding hydrogens is 585 g/mol. The average molecular weight is 635 g/mol. The predicted octanol–water partition coefficient (Wildman–Crippen LogP) is 10.1. The molecule has 0 radical (unpaired) electrons. The molecule has 0 bridgehead atoms. The van der Waals surface area contributed by atoms with Crippen molar-refractivity contribution >= 4 is 19.0 Å². The Morgan fingerprint density at radius 2 is 1.47 bits per heavy atom. The van der Waals surface area contributed by atoms with Crippen molar-refractivity contribution in [2.24, 2.45) is 5.41 Å². The maximum absolute atomic E-state index is 4.83. The maximum Gasteiger partial charge on any atom is 0.218 e. The van der Waals surface area contributed by atoms with Crippen molar-refractivity contribution in [3.8, 4) is 33.6 Å². The average Bonchev–Trinajstić information content (AvgIpc) is 3.06. The summed E-state index contributed by atoms with van der Waals surface area (Å²) >= 11 is 0. The quantitative estimate of drug-likeness (QED) is 0.138. The molecule has 0 amide bonds. The van der Waals surface area contributed by atoms with Gasteiger partial charge in [0.05, 0.1) is 14.5 Å². The van der Waals surface area contributed by atoms with Crippen LogP contribution in [0.5, 0.6) is 0 Å². The standard InChI is InChI=1S/C44H50N2Si/c1-30-26-40-38(23-22-33-18-12-13-19-35(33)41-27-34(24-25-45(30)41)32-16-10-9-11-17-32)36-20-14-15-21-37(36)42-28-39(31(2)44(3,4)5)43(29-46(40)42)47(6,7)8/h9-21,24-25,27-29,31,38,40H,1,22-23,26H2,2-8H3/q+2. The van der Waals surface area contributed by atoms with Gasteiger partial charge >= 0.3 is 0 Å². The van der Waals surface area contributed by atoms with E-state index in [0.717, 1.165) is 25.0 Å². The fourth-order valence-corrected chi connectivity index (χ4v) is 9.68. The van der Waals surface area contributed by atoms with Crippen molar-refractivity contribution in [2.75, 3.05) is 0 Å². The topological polar surface area (TPSA) is 7.76 Å². The number of aryl methyl sites for hydroxylation is 1.